The first-order valence-corrected chi connectivity index (χ1v) is 19.4. The molecule has 53 heavy (non-hydrogen) atoms. The van der Waals surface area contributed by atoms with Crippen molar-refractivity contribution in [3.63, 3.8) is 0 Å². The highest BCUT2D eigenvalue weighted by atomic mass is 32.1. The highest BCUT2D eigenvalue weighted by molar-refractivity contribution is 7.26. The van der Waals surface area contributed by atoms with E-state index in [1.54, 1.807) is 0 Å². The number of thiophene rings is 2. The standard InChI is InChI=1S/C48H30N2OS2/c1-2-11-31(12-3-1)32-13-10-14-33(27-32)49(35-21-24-39-37-15-4-8-19-45(37)52-47(39)29-35)34-23-26-42-44(28-34)51-43-18-7-6-17-41(43)50(42)36-22-25-40-38-16-5-9-20-46(38)53-48(40)30-36/h1-30H. The zero-order valence-corrected chi connectivity index (χ0v) is 30.1. The predicted molar refractivity (Wildman–Crippen MR) is 227 cm³/mol. The Labute approximate surface area is 314 Å². The fourth-order valence-electron chi connectivity index (χ4n) is 7.77. The molecular formula is C48H30N2OS2. The van der Waals surface area contributed by atoms with E-state index in [9.17, 15) is 0 Å². The van der Waals surface area contributed by atoms with Gasteiger partial charge in [0.15, 0.2) is 11.5 Å². The lowest BCUT2D eigenvalue weighted by molar-refractivity contribution is 0.477. The number of hydrogen-bond donors (Lipinski definition) is 0. The lowest BCUT2D eigenvalue weighted by Crippen LogP contribution is -2.17. The van der Waals surface area contributed by atoms with E-state index in [-0.39, 0.29) is 0 Å². The van der Waals surface area contributed by atoms with Gasteiger partial charge in [0, 0.05) is 69.2 Å². The van der Waals surface area contributed by atoms with Gasteiger partial charge in [-0.15, -0.1) is 22.7 Å². The Morgan fingerprint density at radius 2 is 0.962 bits per heavy atom. The zero-order valence-electron chi connectivity index (χ0n) is 28.4. The summed E-state index contributed by atoms with van der Waals surface area (Å²) in [5.74, 6) is 1.64. The third kappa shape index (κ3) is 5.01. The third-order valence-corrected chi connectivity index (χ3v) is 12.5. The van der Waals surface area contributed by atoms with Gasteiger partial charge in [0.05, 0.1) is 11.4 Å². The van der Waals surface area contributed by atoms with Crippen LogP contribution in [0.3, 0.4) is 0 Å². The molecule has 5 heteroatoms. The van der Waals surface area contributed by atoms with Crippen LogP contribution in [-0.2, 0) is 0 Å². The molecule has 0 aliphatic carbocycles. The van der Waals surface area contributed by atoms with Gasteiger partial charge in [0.25, 0.3) is 0 Å². The Morgan fingerprint density at radius 3 is 1.77 bits per heavy atom. The van der Waals surface area contributed by atoms with Crippen LogP contribution < -0.4 is 14.5 Å². The molecular weight excluding hydrogens is 685 g/mol. The maximum Gasteiger partial charge on any atom is 0.153 e. The maximum absolute atomic E-state index is 6.77. The highest BCUT2D eigenvalue weighted by Crippen LogP contribution is 2.53. The Balaban J connectivity index is 1.08. The van der Waals surface area contributed by atoms with Crippen molar-refractivity contribution in [3.8, 4) is 22.6 Å². The molecule has 250 valence electrons. The molecule has 0 unspecified atom stereocenters. The predicted octanol–water partition coefficient (Wildman–Crippen LogP) is 15.1. The van der Waals surface area contributed by atoms with E-state index < -0.39 is 0 Å². The third-order valence-electron chi connectivity index (χ3n) is 10.2. The van der Waals surface area contributed by atoms with Crippen molar-refractivity contribution < 1.29 is 4.74 Å². The number of para-hydroxylation sites is 2. The molecule has 3 heterocycles. The molecule has 10 aromatic rings. The number of benzene rings is 8. The molecule has 2 aromatic heterocycles. The topological polar surface area (TPSA) is 15.7 Å². The number of nitrogens with zero attached hydrogens (tertiary/aromatic N) is 2. The van der Waals surface area contributed by atoms with Crippen LogP contribution in [0, 0.1) is 0 Å². The number of rotatable bonds is 5. The van der Waals surface area contributed by atoms with Gasteiger partial charge in [0.2, 0.25) is 0 Å². The zero-order chi connectivity index (χ0) is 34.9. The van der Waals surface area contributed by atoms with Gasteiger partial charge in [-0.05, 0) is 83.9 Å². The minimum absolute atomic E-state index is 0.810. The molecule has 0 spiro atoms. The summed E-state index contributed by atoms with van der Waals surface area (Å²) in [4.78, 5) is 4.69. The molecule has 1 aliphatic heterocycles. The fourth-order valence-corrected chi connectivity index (χ4v) is 10.1. The van der Waals surface area contributed by atoms with E-state index in [0.717, 1.165) is 45.6 Å². The maximum atomic E-state index is 6.77. The van der Waals surface area contributed by atoms with E-state index >= 15 is 0 Å². The second kappa shape index (κ2) is 12.1. The molecule has 0 N–H and O–H groups in total. The molecule has 0 amide bonds. The fraction of sp³-hybridized carbons (Fsp3) is 0. The van der Waals surface area contributed by atoms with Crippen LogP contribution in [0.1, 0.15) is 0 Å². The quantitative estimate of drug-likeness (QED) is 0.177. The number of anilines is 6. The van der Waals surface area contributed by atoms with Crippen molar-refractivity contribution in [2.75, 3.05) is 9.80 Å². The lowest BCUT2D eigenvalue weighted by Gasteiger charge is -2.34. The van der Waals surface area contributed by atoms with E-state index in [1.807, 2.05) is 28.7 Å². The Hall–Kier alpha value is -6.40. The summed E-state index contributed by atoms with van der Waals surface area (Å²) in [6, 6.07) is 65.4. The van der Waals surface area contributed by atoms with Crippen LogP contribution in [0.25, 0.3) is 51.5 Å². The summed E-state index contributed by atoms with van der Waals surface area (Å²) >= 11 is 3.68. The molecule has 3 nitrogen and oxygen atoms in total. The largest absolute Gasteiger partial charge is 0.453 e. The van der Waals surface area contributed by atoms with Gasteiger partial charge in [-0.1, -0.05) is 103 Å². The minimum Gasteiger partial charge on any atom is -0.453 e. The molecule has 0 atom stereocenters. The Kier molecular flexibility index (Phi) is 6.90. The van der Waals surface area contributed by atoms with Crippen LogP contribution in [-0.4, -0.2) is 0 Å². The van der Waals surface area contributed by atoms with E-state index in [1.165, 1.54) is 51.5 Å². The van der Waals surface area contributed by atoms with Gasteiger partial charge in [-0.3, -0.25) is 0 Å². The summed E-state index contributed by atoms with van der Waals surface area (Å²) in [6.45, 7) is 0. The minimum atomic E-state index is 0.810. The first-order valence-electron chi connectivity index (χ1n) is 17.7. The number of ether oxygens (including phenoxy) is 1. The first-order chi connectivity index (χ1) is 26.2. The van der Waals surface area contributed by atoms with Gasteiger partial charge in [-0.25, -0.2) is 0 Å². The van der Waals surface area contributed by atoms with Crippen molar-refractivity contribution in [2.24, 2.45) is 0 Å². The van der Waals surface area contributed by atoms with Crippen LogP contribution in [0.4, 0.5) is 34.1 Å². The average Bonchev–Trinajstić information content (AvgIpc) is 3.78. The SMILES string of the molecule is c1ccc(-c2cccc(N(c3ccc4c(c3)Oc3ccccc3N4c3ccc4c(c3)sc3ccccc34)c3ccc4c(c3)sc3ccccc34)c2)cc1. The summed E-state index contributed by atoms with van der Waals surface area (Å²) < 4.78 is 11.9. The molecule has 0 saturated carbocycles. The first kappa shape index (κ1) is 30.2. The molecule has 0 saturated heterocycles. The highest BCUT2D eigenvalue weighted by Gasteiger charge is 2.28. The van der Waals surface area contributed by atoms with Gasteiger partial charge < -0.3 is 14.5 Å². The molecule has 8 aromatic carbocycles. The van der Waals surface area contributed by atoms with Gasteiger partial charge in [-0.2, -0.15) is 0 Å². The van der Waals surface area contributed by atoms with E-state index in [4.69, 9.17) is 4.74 Å². The monoisotopic (exact) mass is 714 g/mol. The van der Waals surface area contributed by atoms with Gasteiger partial charge >= 0.3 is 0 Å². The summed E-state index contributed by atoms with van der Waals surface area (Å²) in [5.41, 5.74) is 8.69. The van der Waals surface area contributed by atoms with E-state index in [2.05, 4.69) is 186 Å². The smallest absolute Gasteiger partial charge is 0.153 e. The van der Waals surface area contributed by atoms with Crippen LogP contribution in [0.2, 0.25) is 0 Å². The average molecular weight is 715 g/mol. The van der Waals surface area contributed by atoms with Crippen molar-refractivity contribution in [3.05, 3.63) is 182 Å². The van der Waals surface area contributed by atoms with Gasteiger partial charge in [0.1, 0.15) is 0 Å². The summed E-state index contributed by atoms with van der Waals surface area (Å²) in [7, 11) is 0. The lowest BCUT2D eigenvalue weighted by atomic mass is 10.0. The van der Waals surface area contributed by atoms with Crippen molar-refractivity contribution in [1.29, 1.82) is 0 Å². The van der Waals surface area contributed by atoms with E-state index in [0.29, 0.717) is 0 Å². The Morgan fingerprint density at radius 1 is 0.377 bits per heavy atom. The Bertz CT molecular complexity index is 3020. The normalized spacial score (nSPS) is 12.3. The second-order valence-corrected chi connectivity index (χ2v) is 15.5. The number of hydrogen-bond acceptors (Lipinski definition) is 5. The molecule has 0 fully saturated rings. The van der Waals surface area contributed by atoms with Crippen molar-refractivity contribution in [1.82, 2.24) is 0 Å². The van der Waals surface area contributed by atoms with Crippen LogP contribution in [0.5, 0.6) is 11.5 Å². The number of fused-ring (bicyclic) bond motifs is 8. The summed E-state index contributed by atoms with van der Waals surface area (Å²) in [5, 5.41) is 5.17. The second-order valence-electron chi connectivity index (χ2n) is 13.4. The summed E-state index contributed by atoms with van der Waals surface area (Å²) in [6.07, 6.45) is 0. The van der Waals surface area contributed by atoms with Crippen molar-refractivity contribution >= 4 is 97.1 Å². The van der Waals surface area contributed by atoms with Crippen LogP contribution in [0.15, 0.2) is 182 Å². The molecule has 0 bridgehead atoms. The molecule has 11 rings (SSSR count). The van der Waals surface area contributed by atoms with Crippen molar-refractivity contribution in [2.45, 2.75) is 0 Å². The van der Waals surface area contributed by atoms with Crippen LogP contribution >= 0.6 is 22.7 Å². The molecule has 0 radical (unpaired) electrons. The molecule has 1 aliphatic rings.